The molecule has 4 aliphatic carbocycles. The van der Waals surface area contributed by atoms with Crippen molar-refractivity contribution in [3.8, 4) is 0 Å². The van der Waals surface area contributed by atoms with Gasteiger partial charge in [0.25, 0.3) is 0 Å². The standard InChI is InChI=1S/C18H16O2.C16H12O2.C15H10O2.C14H7ClO2/c1-18(2,3)11-8-9-14-15(10-11)17(20)13-7-5-4-6-12(13)16(14)19;1-2-10-7-8-13-14(9-10)16(18)12-6-4-3-5-11(12)15(13)17;1-9-6-7-12-13(8-9)15(17)11-5-3-2-4-10(11)14(12)16;15-11-7-3-6-10-12(11)14(17)9-5-2-1-4-8(9)13(10)16/h4-10H,1-3H3;3-9H,2H2,1H3;2-8H,1H3;1-7H. The van der Waals surface area contributed by atoms with Crippen LogP contribution in [0.2, 0.25) is 5.02 Å². The van der Waals surface area contributed by atoms with Crippen LogP contribution in [-0.2, 0) is 11.8 Å². The molecule has 0 bridgehead atoms. The molecular weight excluding hydrogens is 920 g/mol. The third-order valence-corrected chi connectivity index (χ3v) is 13.5. The Morgan fingerprint density at radius 1 is 0.333 bits per heavy atom. The van der Waals surface area contributed by atoms with E-state index in [1.165, 1.54) is 0 Å². The lowest BCUT2D eigenvalue weighted by Crippen LogP contribution is -2.22. The maximum atomic E-state index is 12.6. The lowest BCUT2D eigenvalue weighted by atomic mass is 9.79. The van der Waals surface area contributed by atoms with Gasteiger partial charge in [-0.05, 0) is 60.2 Å². The molecule has 0 atom stereocenters. The summed E-state index contributed by atoms with van der Waals surface area (Å²) in [6.45, 7) is 10.2. The molecule has 72 heavy (non-hydrogen) atoms. The molecule has 0 fully saturated rings. The van der Waals surface area contributed by atoms with Crippen LogP contribution >= 0.6 is 11.6 Å². The molecule has 9 heteroatoms. The summed E-state index contributed by atoms with van der Waals surface area (Å²) < 4.78 is 0. The fourth-order valence-corrected chi connectivity index (χ4v) is 9.51. The first-order chi connectivity index (χ1) is 34.5. The van der Waals surface area contributed by atoms with E-state index in [0.29, 0.717) is 94.0 Å². The van der Waals surface area contributed by atoms with E-state index in [0.717, 1.165) is 23.1 Å². The summed E-state index contributed by atoms with van der Waals surface area (Å²) in [4.78, 5) is 98.6. The van der Waals surface area contributed by atoms with Gasteiger partial charge < -0.3 is 0 Å². The molecule has 4 aliphatic rings. The number of carbonyl (C=O) groups is 8. The molecule has 0 radical (unpaired) electrons. The van der Waals surface area contributed by atoms with E-state index in [1.54, 1.807) is 140 Å². The largest absolute Gasteiger partial charge is 0.289 e. The summed E-state index contributed by atoms with van der Waals surface area (Å²) >= 11 is 6.00. The highest BCUT2D eigenvalue weighted by molar-refractivity contribution is 6.39. The van der Waals surface area contributed by atoms with Crippen LogP contribution in [0, 0.1) is 6.92 Å². The quantitative estimate of drug-likeness (QED) is 0.159. The van der Waals surface area contributed by atoms with Crippen LogP contribution in [-0.4, -0.2) is 46.3 Å². The molecule has 0 unspecified atom stereocenters. The number of carbonyl (C=O) groups excluding carboxylic acids is 8. The summed E-state index contributed by atoms with van der Waals surface area (Å²) in [5, 5.41) is 0.329. The van der Waals surface area contributed by atoms with Gasteiger partial charge in [-0.1, -0.05) is 184 Å². The fourth-order valence-electron chi connectivity index (χ4n) is 9.25. The summed E-state index contributed by atoms with van der Waals surface area (Å²) in [6, 6.07) is 49.3. The minimum atomic E-state index is -0.180. The van der Waals surface area contributed by atoms with E-state index >= 15 is 0 Å². The van der Waals surface area contributed by atoms with Crippen molar-refractivity contribution in [3.05, 3.63) is 281 Å². The fraction of sp³-hybridized carbons (Fsp3) is 0.111. The average molecular weight is 965 g/mol. The predicted octanol–water partition coefficient (Wildman–Crippen LogP) is 12.7. The Balaban J connectivity index is 0.000000119. The number of rotatable bonds is 1. The molecule has 0 saturated carbocycles. The van der Waals surface area contributed by atoms with Gasteiger partial charge >= 0.3 is 0 Å². The zero-order valence-electron chi connectivity index (χ0n) is 40.0. The third kappa shape index (κ3) is 8.71. The Bertz CT molecular complexity index is 3660. The number of benzene rings is 8. The molecule has 352 valence electrons. The maximum Gasteiger partial charge on any atom is 0.196 e. The number of hydrogen-bond donors (Lipinski definition) is 0. The minimum Gasteiger partial charge on any atom is -0.289 e. The first-order valence-corrected chi connectivity index (χ1v) is 23.8. The maximum absolute atomic E-state index is 12.6. The summed E-state index contributed by atoms with van der Waals surface area (Å²) in [5.41, 5.74) is 10.9. The van der Waals surface area contributed by atoms with Gasteiger partial charge in [0.05, 0.1) is 10.6 Å². The van der Waals surface area contributed by atoms with E-state index in [9.17, 15) is 38.4 Å². The Morgan fingerprint density at radius 3 is 1.07 bits per heavy atom. The zero-order chi connectivity index (χ0) is 51.2. The first-order valence-electron chi connectivity index (χ1n) is 23.4. The van der Waals surface area contributed by atoms with Crippen LogP contribution in [0.4, 0.5) is 0 Å². The molecule has 8 nitrogen and oxygen atoms in total. The molecule has 8 aromatic carbocycles. The molecule has 0 aromatic heterocycles. The molecule has 0 spiro atoms. The number of halogens is 1. The first kappa shape index (κ1) is 48.4. The molecular formula is C63H45ClO8. The van der Waals surface area contributed by atoms with Crippen LogP contribution in [0.1, 0.15) is 172 Å². The summed E-state index contributed by atoms with van der Waals surface area (Å²) in [7, 11) is 0. The lowest BCUT2D eigenvalue weighted by molar-refractivity contribution is 0.0979. The monoisotopic (exact) mass is 964 g/mol. The Labute approximate surface area is 421 Å². The molecule has 0 heterocycles. The summed E-state index contributed by atoms with van der Waals surface area (Å²) in [5.74, 6) is -0.650. The SMILES string of the molecule is CC(C)(C)c1ccc2c(c1)C(=O)c1ccccc1C2=O.CCc1ccc2c(c1)C(=O)c1ccccc1C2=O.Cc1ccc2c(c1)C(=O)c1ccccc1C2=O.O=C1c2ccccc2C(=O)c2c(Cl)cccc21. The van der Waals surface area contributed by atoms with E-state index in [4.69, 9.17) is 11.6 Å². The van der Waals surface area contributed by atoms with Crippen LogP contribution < -0.4 is 0 Å². The zero-order valence-corrected chi connectivity index (χ0v) is 40.8. The Hall–Kier alpha value is -8.59. The van der Waals surface area contributed by atoms with Crippen LogP contribution in [0.3, 0.4) is 0 Å². The van der Waals surface area contributed by atoms with E-state index in [1.807, 2.05) is 44.2 Å². The second-order valence-corrected chi connectivity index (χ2v) is 19.2. The average Bonchev–Trinajstić information content (AvgIpc) is 3.40. The van der Waals surface area contributed by atoms with Crippen molar-refractivity contribution in [2.24, 2.45) is 0 Å². The highest BCUT2D eigenvalue weighted by Crippen LogP contribution is 2.34. The Kier molecular flexibility index (Phi) is 13.0. The van der Waals surface area contributed by atoms with Gasteiger partial charge in [-0.3, -0.25) is 38.4 Å². The van der Waals surface area contributed by atoms with Gasteiger partial charge in [0.15, 0.2) is 46.3 Å². The van der Waals surface area contributed by atoms with Gasteiger partial charge in [-0.15, -0.1) is 0 Å². The second-order valence-electron chi connectivity index (χ2n) is 18.8. The van der Waals surface area contributed by atoms with E-state index < -0.39 is 0 Å². The molecule has 0 aliphatic heterocycles. The van der Waals surface area contributed by atoms with Crippen LogP contribution in [0.25, 0.3) is 0 Å². The number of hydrogen-bond acceptors (Lipinski definition) is 8. The second kappa shape index (κ2) is 19.3. The molecule has 0 saturated heterocycles. The molecule has 0 amide bonds. The number of aryl methyl sites for hydroxylation is 2. The summed E-state index contributed by atoms with van der Waals surface area (Å²) in [6.07, 6.45) is 0.858. The van der Waals surface area contributed by atoms with Gasteiger partial charge in [0.1, 0.15) is 0 Å². The molecule has 8 aromatic rings. The normalized spacial score (nSPS) is 13.4. The Morgan fingerprint density at radius 2 is 0.653 bits per heavy atom. The number of fused-ring (bicyclic) bond motifs is 8. The van der Waals surface area contributed by atoms with E-state index in [-0.39, 0.29) is 51.7 Å². The van der Waals surface area contributed by atoms with Gasteiger partial charge in [0.2, 0.25) is 0 Å². The van der Waals surface area contributed by atoms with Gasteiger partial charge in [-0.25, -0.2) is 0 Å². The van der Waals surface area contributed by atoms with Crippen molar-refractivity contribution in [2.45, 2.75) is 46.5 Å². The van der Waals surface area contributed by atoms with Crippen LogP contribution in [0.15, 0.2) is 170 Å². The van der Waals surface area contributed by atoms with Gasteiger partial charge in [-0.2, -0.15) is 0 Å². The van der Waals surface area contributed by atoms with Crippen molar-refractivity contribution in [3.63, 3.8) is 0 Å². The van der Waals surface area contributed by atoms with Crippen molar-refractivity contribution in [1.29, 1.82) is 0 Å². The van der Waals surface area contributed by atoms with Crippen molar-refractivity contribution < 1.29 is 38.4 Å². The highest BCUT2D eigenvalue weighted by Gasteiger charge is 2.33. The molecule has 12 rings (SSSR count). The van der Waals surface area contributed by atoms with E-state index in [2.05, 4.69) is 20.8 Å². The lowest BCUT2D eigenvalue weighted by Gasteiger charge is -2.23. The third-order valence-electron chi connectivity index (χ3n) is 13.2. The molecule has 0 N–H and O–H groups in total. The smallest absolute Gasteiger partial charge is 0.196 e. The van der Waals surface area contributed by atoms with Crippen molar-refractivity contribution >= 4 is 57.9 Å². The predicted molar refractivity (Wildman–Crippen MR) is 277 cm³/mol. The number of ketones is 8. The van der Waals surface area contributed by atoms with Gasteiger partial charge in [0, 0.05) is 83.5 Å². The minimum absolute atomic E-state index is 0.0458. The topological polar surface area (TPSA) is 137 Å². The van der Waals surface area contributed by atoms with Crippen molar-refractivity contribution in [1.82, 2.24) is 0 Å². The highest BCUT2D eigenvalue weighted by atomic mass is 35.5. The van der Waals surface area contributed by atoms with Crippen LogP contribution in [0.5, 0.6) is 0 Å². The van der Waals surface area contributed by atoms with Crippen molar-refractivity contribution in [2.75, 3.05) is 0 Å².